The number of pyridine rings is 1. The molecule has 0 bridgehead atoms. The van der Waals surface area contributed by atoms with Crippen molar-refractivity contribution in [2.75, 3.05) is 10.6 Å². The molecule has 2 N–H and O–H groups in total. The van der Waals surface area contributed by atoms with Gasteiger partial charge in [0, 0.05) is 16.7 Å². The molecule has 1 aromatic heterocycles. The van der Waals surface area contributed by atoms with Gasteiger partial charge in [0.2, 0.25) is 5.91 Å². The van der Waals surface area contributed by atoms with Gasteiger partial charge in [0.25, 0.3) is 5.91 Å². The summed E-state index contributed by atoms with van der Waals surface area (Å²) >= 11 is 1.49. The Hall–Kier alpha value is -2.34. The van der Waals surface area contributed by atoms with Crippen LogP contribution in [0.5, 0.6) is 0 Å². The van der Waals surface area contributed by atoms with Gasteiger partial charge in [-0.2, -0.15) is 0 Å². The highest BCUT2D eigenvalue weighted by Crippen LogP contribution is 2.35. The molecular formula is C16H15N3O2S. The van der Waals surface area contributed by atoms with E-state index in [9.17, 15) is 9.59 Å². The van der Waals surface area contributed by atoms with Crippen molar-refractivity contribution in [3.63, 3.8) is 0 Å². The number of thioether (sulfide) groups is 1. The summed E-state index contributed by atoms with van der Waals surface area (Å²) in [6.45, 7) is 3.79. The summed E-state index contributed by atoms with van der Waals surface area (Å²) in [5, 5.41) is 5.44. The minimum absolute atomic E-state index is 0.0461. The summed E-state index contributed by atoms with van der Waals surface area (Å²) in [6.07, 6.45) is 1.70. The van der Waals surface area contributed by atoms with Crippen LogP contribution in [-0.2, 0) is 4.79 Å². The van der Waals surface area contributed by atoms with Crippen LogP contribution < -0.4 is 10.6 Å². The van der Waals surface area contributed by atoms with Crippen molar-refractivity contribution in [3.8, 4) is 0 Å². The molecule has 1 aromatic carbocycles. The van der Waals surface area contributed by atoms with Gasteiger partial charge in [0.15, 0.2) is 0 Å². The molecule has 1 atom stereocenters. The summed E-state index contributed by atoms with van der Waals surface area (Å²) in [5.74, 6) is 0.202. The molecule has 1 aliphatic heterocycles. The van der Waals surface area contributed by atoms with Gasteiger partial charge in [-0.3, -0.25) is 9.59 Å². The predicted molar refractivity (Wildman–Crippen MR) is 87.3 cm³/mol. The van der Waals surface area contributed by atoms with Crippen LogP contribution in [0.2, 0.25) is 0 Å². The van der Waals surface area contributed by atoms with E-state index < -0.39 is 0 Å². The van der Waals surface area contributed by atoms with Crippen LogP contribution in [-0.4, -0.2) is 22.0 Å². The van der Waals surface area contributed by atoms with Crippen molar-refractivity contribution in [1.82, 2.24) is 4.98 Å². The Labute approximate surface area is 132 Å². The lowest BCUT2D eigenvalue weighted by atomic mass is 10.1. The smallest absolute Gasteiger partial charge is 0.256 e. The Bertz CT molecular complexity index is 744. The molecule has 5 nitrogen and oxygen atoms in total. The number of aryl methyl sites for hydroxylation is 1. The van der Waals surface area contributed by atoms with Gasteiger partial charge in [-0.1, -0.05) is 6.07 Å². The average molecular weight is 313 g/mol. The van der Waals surface area contributed by atoms with Crippen molar-refractivity contribution in [2.24, 2.45) is 0 Å². The topological polar surface area (TPSA) is 71.1 Å². The molecule has 0 saturated heterocycles. The maximum absolute atomic E-state index is 12.3. The van der Waals surface area contributed by atoms with E-state index in [4.69, 9.17) is 0 Å². The molecule has 2 amide bonds. The van der Waals surface area contributed by atoms with Gasteiger partial charge in [0.1, 0.15) is 5.82 Å². The van der Waals surface area contributed by atoms with E-state index in [1.54, 1.807) is 24.4 Å². The van der Waals surface area contributed by atoms with Crippen LogP contribution in [0.15, 0.2) is 41.4 Å². The maximum atomic E-state index is 12.3. The molecular weight excluding hydrogens is 298 g/mol. The largest absolute Gasteiger partial charge is 0.324 e. The van der Waals surface area contributed by atoms with E-state index in [1.807, 2.05) is 26.0 Å². The number of aromatic nitrogens is 1. The fourth-order valence-electron chi connectivity index (χ4n) is 2.08. The number of carbonyl (C=O) groups is 2. The second-order valence-electron chi connectivity index (χ2n) is 5.14. The van der Waals surface area contributed by atoms with Crippen molar-refractivity contribution in [2.45, 2.75) is 24.0 Å². The third-order valence-corrected chi connectivity index (χ3v) is 4.50. The SMILES string of the molecule is Cc1ccc(NC(=O)c2ccc3c(c2)NC(=O)[C@@H](C)S3)nc1. The van der Waals surface area contributed by atoms with Crippen molar-refractivity contribution >= 4 is 35.1 Å². The number of anilines is 2. The Kier molecular flexibility index (Phi) is 3.85. The van der Waals surface area contributed by atoms with Crippen LogP contribution in [0.25, 0.3) is 0 Å². The predicted octanol–water partition coefficient (Wildman–Crippen LogP) is 3.08. The fraction of sp³-hybridized carbons (Fsp3) is 0.188. The molecule has 0 radical (unpaired) electrons. The Morgan fingerprint density at radius 1 is 1.32 bits per heavy atom. The quantitative estimate of drug-likeness (QED) is 0.894. The van der Waals surface area contributed by atoms with Crippen LogP contribution in [0.4, 0.5) is 11.5 Å². The van der Waals surface area contributed by atoms with Gasteiger partial charge in [-0.15, -0.1) is 11.8 Å². The monoisotopic (exact) mass is 313 g/mol. The highest BCUT2D eigenvalue weighted by molar-refractivity contribution is 8.00. The molecule has 2 heterocycles. The van der Waals surface area contributed by atoms with Crippen LogP contribution in [0.3, 0.4) is 0 Å². The van der Waals surface area contributed by atoms with Gasteiger partial charge >= 0.3 is 0 Å². The summed E-state index contributed by atoms with van der Waals surface area (Å²) in [5.41, 5.74) is 2.19. The molecule has 112 valence electrons. The van der Waals surface area contributed by atoms with Gasteiger partial charge < -0.3 is 10.6 Å². The summed E-state index contributed by atoms with van der Waals surface area (Å²) in [4.78, 5) is 29.1. The molecule has 0 saturated carbocycles. The third kappa shape index (κ3) is 2.96. The number of hydrogen-bond donors (Lipinski definition) is 2. The van der Waals surface area contributed by atoms with E-state index in [0.717, 1.165) is 10.5 Å². The zero-order chi connectivity index (χ0) is 15.7. The minimum atomic E-state index is -0.253. The minimum Gasteiger partial charge on any atom is -0.324 e. The van der Waals surface area contributed by atoms with Crippen LogP contribution in [0, 0.1) is 6.92 Å². The number of amides is 2. The normalized spacial score (nSPS) is 16.6. The summed E-state index contributed by atoms with van der Waals surface area (Å²) in [6, 6.07) is 8.93. The first-order chi connectivity index (χ1) is 10.5. The van der Waals surface area contributed by atoms with E-state index in [1.165, 1.54) is 11.8 Å². The molecule has 3 rings (SSSR count). The first kappa shape index (κ1) is 14.6. The number of benzene rings is 1. The molecule has 22 heavy (non-hydrogen) atoms. The molecule has 0 spiro atoms. The Morgan fingerprint density at radius 2 is 2.14 bits per heavy atom. The summed E-state index contributed by atoms with van der Waals surface area (Å²) < 4.78 is 0. The van der Waals surface area contributed by atoms with Gasteiger partial charge in [0.05, 0.1) is 10.9 Å². The van der Waals surface area contributed by atoms with Crippen molar-refractivity contribution in [3.05, 3.63) is 47.7 Å². The number of carbonyl (C=O) groups excluding carboxylic acids is 2. The molecule has 0 aliphatic carbocycles. The standard InChI is InChI=1S/C16H15N3O2S/c1-9-3-6-14(17-8-9)19-16(21)11-4-5-13-12(7-11)18-15(20)10(2)22-13/h3-8,10H,1-2H3,(H,18,20)(H,17,19,21)/t10-/m1/s1. The lowest BCUT2D eigenvalue weighted by Crippen LogP contribution is -2.26. The molecule has 0 fully saturated rings. The third-order valence-electron chi connectivity index (χ3n) is 3.33. The second kappa shape index (κ2) is 5.81. The number of fused-ring (bicyclic) bond motifs is 1. The highest BCUT2D eigenvalue weighted by atomic mass is 32.2. The number of nitrogens with one attached hydrogen (secondary N) is 2. The second-order valence-corrected chi connectivity index (χ2v) is 6.52. The van der Waals surface area contributed by atoms with Gasteiger partial charge in [-0.05, 0) is 43.7 Å². The zero-order valence-electron chi connectivity index (χ0n) is 12.2. The number of nitrogens with zero attached hydrogens (tertiary/aromatic N) is 1. The fourth-order valence-corrected chi connectivity index (χ4v) is 3.01. The van der Waals surface area contributed by atoms with E-state index in [2.05, 4.69) is 15.6 Å². The number of hydrogen-bond acceptors (Lipinski definition) is 4. The lowest BCUT2D eigenvalue weighted by Gasteiger charge is -2.21. The van der Waals surface area contributed by atoms with E-state index >= 15 is 0 Å². The first-order valence-electron chi connectivity index (χ1n) is 6.88. The Morgan fingerprint density at radius 3 is 2.86 bits per heavy atom. The molecule has 6 heteroatoms. The van der Waals surface area contributed by atoms with Crippen molar-refractivity contribution < 1.29 is 9.59 Å². The van der Waals surface area contributed by atoms with Crippen LogP contribution >= 0.6 is 11.8 Å². The first-order valence-corrected chi connectivity index (χ1v) is 7.76. The molecule has 0 unspecified atom stereocenters. The molecule has 2 aromatic rings. The highest BCUT2D eigenvalue weighted by Gasteiger charge is 2.23. The Balaban J connectivity index is 1.80. The van der Waals surface area contributed by atoms with Crippen molar-refractivity contribution in [1.29, 1.82) is 0 Å². The molecule has 1 aliphatic rings. The zero-order valence-corrected chi connectivity index (χ0v) is 13.0. The number of rotatable bonds is 2. The average Bonchev–Trinajstić information content (AvgIpc) is 2.50. The van der Waals surface area contributed by atoms with Crippen LogP contribution in [0.1, 0.15) is 22.8 Å². The maximum Gasteiger partial charge on any atom is 0.256 e. The summed E-state index contributed by atoms with van der Waals surface area (Å²) in [7, 11) is 0. The van der Waals surface area contributed by atoms with E-state index in [0.29, 0.717) is 17.1 Å². The lowest BCUT2D eigenvalue weighted by molar-refractivity contribution is -0.115. The van der Waals surface area contributed by atoms with E-state index in [-0.39, 0.29) is 17.1 Å². The van der Waals surface area contributed by atoms with Gasteiger partial charge in [-0.25, -0.2) is 4.98 Å².